The number of para-hydroxylation sites is 1. The molecule has 2 aliphatic rings. The van der Waals surface area contributed by atoms with Crippen molar-refractivity contribution in [3.63, 3.8) is 0 Å². The van der Waals surface area contributed by atoms with E-state index in [1.807, 2.05) is 42.5 Å². The maximum atomic E-state index is 14.8. The molecule has 11 heteroatoms. The Labute approximate surface area is 230 Å². The van der Waals surface area contributed by atoms with E-state index >= 15 is 0 Å². The maximum absolute atomic E-state index is 14.8. The SMILES string of the molecule is COC(NC1N=C(c2ccccc2)c2ccccc2NC1=O)C(C#CC(C)C)NC1=C(F)C(F)N(C)C(F)=C1F. The lowest BCUT2D eigenvalue weighted by Crippen LogP contribution is -2.54. The van der Waals surface area contributed by atoms with Gasteiger partial charge in [0.2, 0.25) is 18.1 Å². The molecule has 0 bridgehead atoms. The first-order chi connectivity index (χ1) is 19.1. The second-order valence-electron chi connectivity index (χ2n) is 9.44. The molecule has 3 N–H and O–H groups in total. The fraction of sp³-hybridized carbons (Fsp3) is 0.310. The van der Waals surface area contributed by atoms with Crippen molar-refractivity contribution in [2.45, 2.75) is 38.6 Å². The Morgan fingerprint density at radius 1 is 1.05 bits per heavy atom. The first kappa shape index (κ1) is 28.9. The normalized spacial score (nSPS) is 20.7. The zero-order valence-electron chi connectivity index (χ0n) is 22.3. The summed E-state index contributed by atoms with van der Waals surface area (Å²) < 4.78 is 63.7. The molecule has 210 valence electrons. The highest BCUT2D eigenvalue weighted by Gasteiger charge is 2.37. The monoisotopic (exact) mass is 555 g/mol. The third kappa shape index (κ3) is 6.03. The number of benzene rings is 2. The number of ether oxygens (including phenoxy) is 1. The number of methoxy groups -OCH3 is 1. The van der Waals surface area contributed by atoms with Crippen LogP contribution < -0.4 is 16.0 Å². The van der Waals surface area contributed by atoms with Gasteiger partial charge in [0.15, 0.2) is 12.0 Å². The molecule has 0 saturated heterocycles. The molecule has 0 radical (unpaired) electrons. The van der Waals surface area contributed by atoms with Crippen molar-refractivity contribution in [3.05, 3.63) is 89.0 Å². The molecule has 0 fully saturated rings. The molecule has 4 rings (SSSR count). The number of carbonyl (C=O) groups is 1. The number of carbonyl (C=O) groups excluding carboxylic acids is 1. The number of aliphatic imine (C=N–C) groups is 1. The van der Waals surface area contributed by atoms with Crippen molar-refractivity contribution in [1.29, 1.82) is 0 Å². The summed E-state index contributed by atoms with van der Waals surface area (Å²) in [6, 6.07) is 15.1. The first-order valence-electron chi connectivity index (χ1n) is 12.5. The van der Waals surface area contributed by atoms with Crippen LogP contribution in [-0.4, -0.2) is 55.4 Å². The number of nitrogens with one attached hydrogen (secondary N) is 3. The van der Waals surface area contributed by atoms with Gasteiger partial charge in [-0.1, -0.05) is 74.2 Å². The largest absolute Gasteiger partial charge is 0.364 e. The predicted octanol–water partition coefficient (Wildman–Crippen LogP) is 4.51. The molecule has 2 aromatic rings. The third-order valence-electron chi connectivity index (χ3n) is 6.20. The van der Waals surface area contributed by atoms with Crippen LogP contribution in [0.3, 0.4) is 0 Å². The Hall–Kier alpha value is -4.14. The van der Waals surface area contributed by atoms with Crippen molar-refractivity contribution in [1.82, 2.24) is 15.5 Å². The van der Waals surface area contributed by atoms with Gasteiger partial charge >= 0.3 is 0 Å². The van der Waals surface area contributed by atoms with Crippen LogP contribution >= 0.6 is 0 Å². The number of amides is 1. The summed E-state index contributed by atoms with van der Waals surface area (Å²) in [5.74, 6) is 0.230. The summed E-state index contributed by atoms with van der Waals surface area (Å²) >= 11 is 0. The van der Waals surface area contributed by atoms with E-state index in [-0.39, 0.29) is 10.8 Å². The highest BCUT2D eigenvalue weighted by atomic mass is 19.2. The molecule has 0 aromatic heterocycles. The average Bonchev–Trinajstić information content (AvgIpc) is 3.09. The molecular formula is C29H29F4N5O2. The number of nitrogens with zero attached hydrogens (tertiary/aromatic N) is 2. The predicted molar refractivity (Wildman–Crippen MR) is 144 cm³/mol. The minimum atomic E-state index is -2.54. The molecule has 1 amide bonds. The molecule has 2 aromatic carbocycles. The highest BCUT2D eigenvalue weighted by Crippen LogP contribution is 2.33. The number of alkyl halides is 1. The molecule has 0 aliphatic carbocycles. The van der Waals surface area contributed by atoms with E-state index < -0.39 is 53.9 Å². The van der Waals surface area contributed by atoms with Gasteiger partial charge in [0.1, 0.15) is 18.0 Å². The smallest absolute Gasteiger partial charge is 0.264 e. The lowest BCUT2D eigenvalue weighted by atomic mass is 10.0. The number of likely N-dealkylation sites (N-methyl/N-ethyl adjacent to an activating group) is 1. The van der Waals surface area contributed by atoms with E-state index in [4.69, 9.17) is 4.74 Å². The van der Waals surface area contributed by atoms with Gasteiger partial charge in [-0.2, -0.15) is 8.78 Å². The lowest BCUT2D eigenvalue weighted by Gasteiger charge is -2.31. The third-order valence-corrected chi connectivity index (χ3v) is 6.20. The van der Waals surface area contributed by atoms with Crippen LogP contribution in [0, 0.1) is 17.8 Å². The second-order valence-corrected chi connectivity index (χ2v) is 9.44. The van der Waals surface area contributed by atoms with Crippen molar-refractivity contribution in [2.24, 2.45) is 10.9 Å². The Morgan fingerprint density at radius 2 is 1.73 bits per heavy atom. The van der Waals surface area contributed by atoms with Crippen molar-refractivity contribution in [3.8, 4) is 11.8 Å². The molecule has 2 heterocycles. The Bertz CT molecular complexity index is 1410. The topological polar surface area (TPSA) is 78.0 Å². The summed E-state index contributed by atoms with van der Waals surface area (Å²) in [7, 11) is 2.18. The van der Waals surface area contributed by atoms with Crippen LogP contribution in [0.15, 0.2) is 82.9 Å². The number of anilines is 1. The number of benzodiazepines with no additional fused rings is 1. The highest BCUT2D eigenvalue weighted by molar-refractivity contribution is 6.19. The summed E-state index contributed by atoms with van der Waals surface area (Å²) in [6.45, 7) is 3.58. The molecule has 4 unspecified atom stereocenters. The lowest BCUT2D eigenvalue weighted by molar-refractivity contribution is -0.119. The van der Waals surface area contributed by atoms with E-state index in [9.17, 15) is 22.4 Å². The molecule has 0 spiro atoms. The minimum absolute atomic E-state index is 0.164. The summed E-state index contributed by atoms with van der Waals surface area (Å²) in [5, 5.41) is 8.22. The molecule has 4 atom stereocenters. The molecular weight excluding hydrogens is 526 g/mol. The average molecular weight is 556 g/mol. The van der Waals surface area contributed by atoms with E-state index in [1.54, 1.807) is 26.0 Å². The standard InChI is InChI=1S/C29H29F4N5O2/c1-16(2)14-15-20(34-24-21(30)25(32)38(3)26(33)22(24)31)29(40-4)37-27-28(39)35-19-13-9-8-12-18(19)23(36-27)17-10-6-5-7-11-17/h5-13,16,20,25,27,29,34,37H,1-4H3,(H,35,39). The van der Waals surface area contributed by atoms with E-state index in [1.165, 1.54) is 7.11 Å². The Morgan fingerprint density at radius 3 is 2.40 bits per heavy atom. The summed E-state index contributed by atoms with van der Waals surface area (Å²) in [5.41, 5.74) is 1.46. The zero-order chi connectivity index (χ0) is 29.0. The number of allylic oxidation sites excluding steroid dienone is 1. The van der Waals surface area contributed by atoms with E-state index in [0.29, 0.717) is 17.0 Å². The van der Waals surface area contributed by atoms with Crippen LogP contribution in [0.1, 0.15) is 25.0 Å². The van der Waals surface area contributed by atoms with E-state index in [0.717, 1.165) is 12.6 Å². The number of hydrogen-bond acceptors (Lipinski definition) is 6. The fourth-order valence-electron chi connectivity index (χ4n) is 4.14. The van der Waals surface area contributed by atoms with Crippen LogP contribution in [0.2, 0.25) is 0 Å². The second kappa shape index (κ2) is 12.4. The van der Waals surface area contributed by atoms with Crippen molar-refractivity contribution < 1.29 is 27.1 Å². The quantitative estimate of drug-likeness (QED) is 0.203. The van der Waals surface area contributed by atoms with Crippen LogP contribution in [-0.2, 0) is 9.53 Å². The van der Waals surface area contributed by atoms with Crippen molar-refractivity contribution >= 4 is 17.3 Å². The summed E-state index contributed by atoms with van der Waals surface area (Å²) in [6.07, 6.45) is -4.99. The Kier molecular flexibility index (Phi) is 8.92. The van der Waals surface area contributed by atoms with Crippen molar-refractivity contribution in [2.75, 3.05) is 19.5 Å². The summed E-state index contributed by atoms with van der Waals surface area (Å²) in [4.78, 5) is 18.2. The fourth-order valence-corrected chi connectivity index (χ4v) is 4.14. The van der Waals surface area contributed by atoms with Gasteiger partial charge in [-0.15, -0.1) is 0 Å². The van der Waals surface area contributed by atoms with Gasteiger partial charge < -0.3 is 20.3 Å². The number of hydrogen-bond donors (Lipinski definition) is 3. The Balaban J connectivity index is 1.72. The minimum Gasteiger partial charge on any atom is -0.364 e. The van der Waals surface area contributed by atoms with Gasteiger partial charge in [0.25, 0.3) is 5.91 Å². The van der Waals surface area contributed by atoms with Gasteiger partial charge in [0.05, 0.1) is 11.4 Å². The molecule has 2 aliphatic heterocycles. The number of halogens is 4. The zero-order valence-corrected chi connectivity index (χ0v) is 22.3. The number of rotatable bonds is 7. The van der Waals surface area contributed by atoms with Crippen LogP contribution in [0.5, 0.6) is 0 Å². The van der Waals surface area contributed by atoms with Gasteiger partial charge in [-0.3, -0.25) is 15.1 Å². The molecule has 40 heavy (non-hydrogen) atoms. The van der Waals surface area contributed by atoms with Crippen LogP contribution in [0.25, 0.3) is 0 Å². The maximum Gasteiger partial charge on any atom is 0.264 e. The number of fused-ring (bicyclic) bond motifs is 1. The molecule has 7 nitrogen and oxygen atoms in total. The van der Waals surface area contributed by atoms with Gasteiger partial charge in [-0.25, -0.2) is 8.78 Å². The van der Waals surface area contributed by atoms with Gasteiger partial charge in [0, 0.05) is 31.2 Å². The first-order valence-corrected chi connectivity index (χ1v) is 12.5. The van der Waals surface area contributed by atoms with Gasteiger partial charge in [-0.05, 0) is 6.07 Å². The molecule has 0 saturated carbocycles. The van der Waals surface area contributed by atoms with E-state index in [2.05, 4.69) is 32.8 Å². The van der Waals surface area contributed by atoms with Crippen LogP contribution in [0.4, 0.5) is 23.2 Å².